The molecule has 7 heteroatoms. The Morgan fingerprint density at radius 1 is 1.30 bits per heavy atom. The number of nitrogens with one attached hydrogen (secondary N) is 1. The minimum atomic E-state index is -0.110. The van der Waals surface area contributed by atoms with Crippen molar-refractivity contribution < 1.29 is 0 Å². The van der Waals surface area contributed by atoms with Crippen molar-refractivity contribution in [1.82, 2.24) is 19.5 Å². The van der Waals surface area contributed by atoms with E-state index in [1.54, 1.807) is 21.9 Å². The maximum atomic E-state index is 12.0. The Balaban J connectivity index is 1.60. The number of rotatable bonds is 5. The van der Waals surface area contributed by atoms with E-state index in [0.717, 1.165) is 10.9 Å². The Morgan fingerprint density at radius 3 is 2.95 bits per heavy atom. The standard InChI is InChI=1S/C13H13ClN4OS/c14-11-5-4-10(20-11)9-15-6-8-18-13(19)17-7-2-1-3-12(17)16-18/h1-5,7,15H,6,8-9H2. The van der Waals surface area contributed by atoms with Crippen molar-refractivity contribution in [1.29, 1.82) is 0 Å². The zero-order valence-corrected chi connectivity index (χ0v) is 12.2. The van der Waals surface area contributed by atoms with Crippen molar-refractivity contribution in [3.8, 4) is 0 Å². The van der Waals surface area contributed by atoms with Gasteiger partial charge in [-0.2, -0.15) is 0 Å². The van der Waals surface area contributed by atoms with E-state index in [1.807, 2.05) is 30.3 Å². The molecular weight excluding hydrogens is 296 g/mol. The van der Waals surface area contributed by atoms with Gasteiger partial charge in [-0.05, 0) is 24.3 Å². The lowest BCUT2D eigenvalue weighted by molar-refractivity contribution is 0.543. The summed E-state index contributed by atoms with van der Waals surface area (Å²) in [6.07, 6.45) is 1.72. The highest BCUT2D eigenvalue weighted by Gasteiger charge is 2.05. The largest absolute Gasteiger partial charge is 0.350 e. The molecule has 0 fully saturated rings. The van der Waals surface area contributed by atoms with Crippen LogP contribution in [0, 0.1) is 0 Å². The third kappa shape index (κ3) is 2.77. The molecule has 0 aliphatic carbocycles. The van der Waals surface area contributed by atoms with Crippen molar-refractivity contribution in [3.05, 3.63) is 56.2 Å². The van der Waals surface area contributed by atoms with Gasteiger partial charge in [-0.15, -0.1) is 16.4 Å². The van der Waals surface area contributed by atoms with Crippen molar-refractivity contribution in [2.24, 2.45) is 0 Å². The van der Waals surface area contributed by atoms with Gasteiger partial charge in [-0.1, -0.05) is 17.7 Å². The number of aromatic nitrogens is 3. The lowest BCUT2D eigenvalue weighted by Crippen LogP contribution is -2.27. The lowest BCUT2D eigenvalue weighted by atomic mass is 10.4. The minimum absolute atomic E-state index is 0.110. The molecule has 0 spiro atoms. The van der Waals surface area contributed by atoms with Crippen molar-refractivity contribution in [3.63, 3.8) is 0 Å². The highest BCUT2D eigenvalue weighted by atomic mass is 35.5. The number of pyridine rings is 1. The van der Waals surface area contributed by atoms with Gasteiger partial charge >= 0.3 is 5.69 Å². The SMILES string of the molecule is O=c1n(CCNCc2ccc(Cl)s2)nc2ccccn12. The van der Waals surface area contributed by atoms with Crippen LogP contribution in [0.25, 0.3) is 5.65 Å². The number of thiophene rings is 1. The molecule has 0 atom stereocenters. The summed E-state index contributed by atoms with van der Waals surface area (Å²) in [5, 5.41) is 7.55. The molecule has 3 rings (SSSR count). The molecule has 3 aromatic heterocycles. The molecular formula is C13H13ClN4OS. The molecule has 0 unspecified atom stereocenters. The van der Waals surface area contributed by atoms with Crippen LogP contribution in [-0.4, -0.2) is 20.7 Å². The Morgan fingerprint density at radius 2 is 2.20 bits per heavy atom. The van der Waals surface area contributed by atoms with Crippen LogP contribution in [-0.2, 0) is 13.1 Å². The van der Waals surface area contributed by atoms with Crippen LogP contribution in [0.4, 0.5) is 0 Å². The average Bonchev–Trinajstić information content (AvgIpc) is 3.00. The summed E-state index contributed by atoms with van der Waals surface area (Å²) in [6, 6.07) is 9.38. The molecule has 0 aliphatic heterocycles. The summed E-state index contributed by atoms with van der Waals surface area (Å²) in [5.74, 6) is 0. The molecule has 0 bridgehead atoms. The van der Waals surface area contributed by atoms with E-state index >= 15 is 0 Å². The van der Waals surface area contributed by atoms with E-state index in [-0.39, 0.29) is 5.69 Å². The molecule has 5 nitrogen and oxygen atoms in total. The highest BCUT2D eigenvalue weighted by Crippen LogP contribution is 2.20. The van der Waals surface area contributed by atoms with E-state index in [1.165, 1.54) is 9.56 Å². The monoisotopic (exact) mass is 308 g/mol. The summed E-state index contributed by atoms with van der Waals surface area (Å²) in [7, 11) is 0. The summed E-state index contributed by atoms with van der Waals surface area (Å²) >= 11 is 7.42. The Bertz CT molecular complexity index is 776. The Hall–Kier alpha value is -1.63. The van der Waals surface area contributed by atoms with Gasteiger partial charge in [-0.3, -0.25) is 4.40 Å². The van der Waals surface area contributed by atoms with E-state index in [9.17, 15) is 4.79 Å². The second kappa shape index (κ2) is 5.78. The topological polar surface area (TPSA) is 51.3 Å². The first-order valence-corrected chi connectivity index (χ1v) is 7.42. The van der Waals surface area contributed by atoms with Crippen LogP contribution in [0.3, 0.4) is 0 Å². The number of fused-ring (bicyclic) bond motifs is 1. The molecule has 0 aliphatic rings. The first-order valence-electron chi connectivity index (χ1n) is 6.23. The van der Waals surface area contributed by atoms with Gasteiger partial charge in [0.15, 0.2) is 5.65 Å². The third-order valence-corrected chi connectivity index (χ3v) is 4.15. The van der Waals surface area contributed by atoms with E-state index < -0.39 is 0 Å². The predicted molar refractivity (Wildman–Crippen MR) is 80.5 cm³/mol. The van der Waals surface area contributed by atoms with Crippen LogP contribution in [0.5, 0.6) is 0 Å². The second-order valence-corrected chi connectivity index (χ2v) is 6.12. The number of hydrogen-bond donors (Lipinski definition) is 1. The molecule has 0 saturated heterocycles. The first kappa shape index (κ1) is 13.4. The summed E-state index contributed by atoms with van der Waals surface area (Å²) in [5.41, 5.74) is 0.559. The van der Waals surface area contributed by atoms with Crippen LogP contribution in [0.1, 0.15) is 4.88 Å². The summed E-state index contributed by atoms with van der Waals surface area (Å²) in [4.78, 5) is 13.2. The van der Waals surface area contributed by atoms with Gasteiger partial charge in [0.1, 0.15) is 0 Å². The molecule has 20 heavy (non-hydrogen) atoms. The maximum absolute atomic E-state index is 12.0. The number of halogens is 1. The fourth-order valence-electron chi connectivity index (χ4n) is 1.96. The van der Waals surface area contributed by atoms with Gasteiger partial charge in [0.25, 0.3) is 0 Å². The number of hydrogen-bond acceptors (Lipinski definition) is 4. The van der Waals surface area contributed by atoms with E-state index in [4.69, 9.17) is 11.6 Å². The van der Waals surface area contributed by atoms with Crippen LogP contribution in [0.15, 0.2) is 41.3 Å². The fraction of sp³-hybridized carbons (Fsp3) is 0.231. The molecule has 0 aromatic carbocycles. The number of nitrogens with zero attached hydrogens (tertiary/aromatic N) is 3. The molecule has 104 valence electrons. The summed E-state index contributed by atoms with van der Waals surface area (Å²) < 4.78 is 3.81. The molecule has 3 aromatic rings. The Kier molecular flexibility index (Phi) is 3.86. The normalized spacial score (nSPS) is 11.2. The van der Waals surface area contributed by atoms with E-state index in [2.05, 4.69) is 10.4 Å². The zero-order valence-electron chi connectivity index (χ0n) is 10.6. The average molecular weight is 309 g/mol. The van der Waals surface area contributed by atoms with Crippen molar-refractivity contribution >= 4 is 28.6 Å². The lowest BCUT2D eigenvalue weighted by Gasteiger charge is -2.02. The second-order valence-electron chi connectivity index (χ2n) is 4.32. The molecule has 1 N–H and O–H groups in total. The van der Waals surface area contributed by atoms with Crippen LogP contribution in [0.2, 0.25) is 4.34 Å². The van der Waals surface area contributed by atoms with Gasteiger partial charge in [0.05, 0.1) is 10.9 Å². The first-order chi connectivity index (χ1) is 9.74. The fourth-order valence-corrected chi connectivity index (χ4v) is 3.01. The smallest absolute Gasteiger partial charge is 0.310 e. The van der Waals surface area contributed by atoms with Gasteiger partial charge in [-0.25, -0.2) is 9.48 Å². The van der Waals surface area contributed by atoms with Gasteiger partial charge in [0, 0.05) is 24.2 Å². The Labute approximate surface area is 124 Å². The van der Waals surface area contributed by atoms with E-state index in [0.29, 0.717) is 18.7 Å². The predicted octanol–water partition coefficient (Wildman–Crippen LogP) is 2.00. The summed E-state index contributed by atoms with van der Waals surface area (Å²) in [6.45, 7) is 1.97. The van der Waals surface area contributed by atoms with Gasteiger partial charge < -0.3 is 5.32 Å². The minimum Gasteiger partial charge on any atom is -0.310 e. The van der Waals surface area contributed by atoms with Crippen LogP contribution < -0.4 is 11.0 Å². The molecule has 0 saturated carbocycles. The third-order valence-electron chi connectivity index (χ3n) is 2.92. The van der Waals surface area contributed by atoms with Gasteiger partial charge in [0.2, 0.25) is 0 Å². The maximum Gasteiger partial charge on any atom is 0.350 e. The highest BCUT2D eigenvalue weighted by molar-refractivity contribution is 7.16. The quantitative estimate of drug-likeness (QED) is 0.734. The zero-order chi connectivity index (χ0) is 13.9. The van der Waals surface area contributed by atoms with Crippen LogP contribution >= 0.6 is 22.9 Å². The van der Waals surface area contributed by atoms with Crippen molar-refractivity contribution in [2.75, 3.05) is 6.54 Å². The molecule has 3 heterocycles. The molecule has 0 amide bonds. The molecule has 0 radical (unpaired) electrons. The van der Waals surface area contributed by atoms with Crippen molar-refractivity contribution in [2.45, 2.75) is 13.1 Å².